The molecule has 0 unspecified atom stereocenters. The number of hydrogen-bond donors (Lipinski definition) is 1. The van der Waals surface area contributed by atoms with Gasteiger partial charge in [-0.15, -0.1) is 0 Å². The summed E-state index contributed by atoms with van der Waals surface area (Å²) in [7, 11) is 0. The Kier molecular flexibility index (Phi) is 3.36. The molecule has 2 heterocycles. The largest absolute Gasteiger partial charge is 0.454 e. The molecule has 2 aliphatic rings. The molecular weight excluding hydrogens is 312 g/mol. The maximum atomic E-state index is 12.5. The van der Waals surface area contributed by atoms with E-state index in [0.29, 0.717) is 23.1 Å². The van der Waals surface area contributed by atoms with Crippen molar-refractivity contribution in [2.75, 3.05) is 26.4 Å². The Morgan fingerprint density at radius 3 is 3.11 bits per heavy atom. The minimum absolute atomic E-state index is 0.0346. The van der Waals surface area contributed by atoms with Crippen LogP contribution in [0.4, 0.5) is 0 Å². The van der Waals surface area contributed by atoms with E-state index in [2.05, 4.69) is 28.2 Å². The van der Waals surface area contributed by atoms with Gasteiger partial charge in [-0.25, -0.2) is 0 Å². The predicted octanol–water partition coefficient (Wildman–Crippen LogP) is 1.61. The highest BCUT2D eigenvalue weighted by Gasteiger charge is 2.25. The second kappa shape index (κ2) is 5.02. The van der Waals surface area contributed by atoms with Gasteiger partial charge in [-0.2, -0.15) is 0 Å². The highest BCUT2D eigenvalue weighted by atomic mass is 79.9. The molecule has 1 aromatic rings. The van der Waals surface area contributed by atoms with Gasteiger partial charge in [-0.3, -0.25) is 4.79 Å². The van der Waals surface area contributed by atoms with Crippen LogP contribution in [0.5, 0.6) is 11.5 Å². The van der Waals surface area contributed by atoms with Crippen molar-refractivity contribution < 1.29 is 14.3 Å². The lowest BCUT2D eigenvalue weighted by molar-refractivity contribution is 0.0708. The molecule has 6 heteroatoms. The van der Waals surface area contributed by atoms with Crippen molar-refractivity contribution in [3.63, 3.8) is 0 Å². The van der Waals surface area contributed by atoms with Gasteiger partial charge in [-0.1, -0.05) is 0 Å². The van der Waals surface area contributed by atoms with Crippen LogP contribution in [0.15, 0.2) is 16.6 Å². The van der Waals surface area contributed by atoms with E-state index in [4.69, 9.17) is 9.47 Å². The first-order valence-corrected chi connectivity index (χ1v) is 7.06. The summed E-state index contributed by atoms with van der Waals surface area (Å²) in [6.45, 7) is 4.57. The number of carbonyl (C=O) groups is 1. The van der Waals surface area contributed by atoms with Crippen molar-refractivity contribution in [2.45, 2.75) is 13.0 Å². The first kappa shape index (κ1) is 12.7. The topological polar surface area (TPSA) is 50.8 Å². The summed E-state index contributed by atoms with van der Waals surface area (Å²) in [5.41, 5.74) is 0.630. The van der Waals surface area contributed by atoms with E-state index in [-0.39, 0.29) is 12.7 Å². The van der Waals surface area contributed by atoms with Crippen molar-refractivity contribution in [1.82, 2.24) is 10.2 Å². The molecule has 0 saturated carbocycles. The summed E-state index contributed by atoms with van der Waals surface area (Å²) in [5.74, 6) is 1.33. The van der Waals surface area contributed by atoms with E-state index in [0.717, 1.165) is 24.1 Å². The van der Waals surface area contributed by atoms with Gasteiger partial charge in [-0.05, 0) is 35.0 Å². The van der Waals surface area contributed by atoms with Gasteiger partial charge in [0.15, 0.2) is 11.5 Å². The molecule has 3 rings (SSSR count). The van der Waals surface area contributed by atoms with E-state index in [9.17, 15) is 4.79 Å². The standard InChI is InChI=1S/C13H15BrN2O3/c1-8-6-16(3-2-15-8)13(17)9-4-10(14)12-11(5-9)18-7-19-12/h4-5,8,15H,2-3,6-7H2,1H3/t8-/m0/s1. The molecule has 1 aromatic carbocycles. The summed E-state index contributed by atoms with van der Waals surface area (Å²) in [5, 5.41) is 3.32. The van der Waals surface area contributed by atoms with Crippen LogP contribution in [0.3, 0.4) is 0 Å². The van der Waals surface area contributed by atoms with Gasteiger partial charge < -0.3 is 19.7 Å². The summed E-state index contributed by atoms with van der Waals surface area (Å²) in [6, 6.07) is 3.88. The summed E-state index contributed by atoms with van der Waals surface area (Å²) in [6.07, 6.45) is 0. The molecule has 0 radical (unpaired) electrons. The van der Waals surface area contributed by atoms with Crippen LogP contribution in [0.1, 0.15) is 17.3 Å². The second-order valence-corrected chi connectivity index (χ2v) is 5.65. The number of ether oxygens (including phenoxy) is 2. The predicted molar refractivity (Wildman–Crippen MR) is 73.6 cm³/mol. The number of nitrogens with one attached hydrogen (secondary N) is 1. The third kappa shape index (κ3) is 2.42. The average molecular weight is 327 g/mol. The number of nitrogens with zero attached hydrogens (tertiary/aromatic N) is 1. The van der Waals surface area contributed by atoms with Gasteiger partial charge in [0.1, 0.15) is 0 Å². The number of carbonyl (C=O) groups excluding carboxylic acids is 1. The number of hydrogen-bond acceptors (Lipinski definition) is 4. The highest BCUT2D eigenvalue weighted by molar-refractivity contribution is 9.10. The number of benzene rings is 1. The molecule has 102 valence electrons. The quantitative estimate of drug-likeness (QED) is 0.852. The Labute approximate surface area is 120 Å². The lowest BCUT2D eigenvalue weighted by Gasteiger charge is -2.32. The first-order chi connectivity index (χ1) is 9.15. The minimum Gasteiger partial charge on any atom is -0.454 e. The lowest BCUT2D eigenvalue weighted by atomic mass is 10.1. The Morgan fingerprint density at radius 2 is 2.32 bits per heavy atom. The molecule has 1 saturated heterocycles. The number of amides is 1. The van der Waals surface area contributed by atoms with Crippen molar-refractivity contribution >= 4 is 21.8 Å². The molecule has 1 fully saturated rings. The van der Waals surface area contributed by atoms with E-state index in [1.807, 2.05) is 4.90 Å². The van der Waals surface area contributed by atoms with Crippen LogP contribution in [0.25, 0.3) is 0 Å². The number of rotatable bonds is 1. The third-order valence-electron chi connectivity index (χ3n) is 3.33. The molecule has 0 bridgehead atoms. The zero-order valence-electron chi connectivity index (χ0n) is 10.6. The van der Waals surface area contributed by atoms with Crippen LogP contribution >= 0.6 is 15.9 Å². The zero-order valence-corrected chi connectivity index (χ0v) is 12.2. The zero-order chi connectivity index (χ0) is 13.4. The van der Waals surface area contributed by atoms with Crippen molar-refractivity contribution in [3.8, 4) is 11.5 Å². The fourth-order valence-corrected chi connectivity index (χ4v) is 2.95. The molecule has 5 nitrogen and oxygen atoms in total. The number of fused-ring (bicyclic) bond motifs is 1. The molecule has 1 atom stereocenters. The highest BCUT2D eigenvalue weighted by Crippen LogP contribution is 2.40. The SMILES string of the molecule is C[C@H]1CN(C(=O)c2cc(Br)c3c(c2)OCO3)CCN1. The monoisotopic (exact) mass is 326 g/mol. The van der Waals surface area contributed by atoms with Gasteiger partial charge in [0.25, 0.3) is 5.91 Å². The van der Waals surface area contributed by atoms with Crippen LogP contribution in [0, 0.1) is 0 Å². The Balaban J connectivity index is 1.86. The van der Waals surface area contributed by atoms with Gasteiger partial charge in [0.2, 0.25) is 6.79 Å². The van der Waals surface area contributed by atoms with Gasteiger partial charge in [0, 0.05) is 31.2 Å². The summed E-state index contributed by atoms with van der Waals surface area (Å²) >= 11 is 3.41. The van der Waals surface area contributed by atoms with Crippen molar-refractivity contribution in [2.24, 2.45) is 0 Å². The van der Waals surface area contributed by atoms with E-state index in [1.54, 1.807) is 12.1 Å². The molecule has 0 aliphatic carbocycles. The molecular formula is C13H15BrN2O3. The molecule has 1 N–H and O–H groups in total. The Hall–Kier alpha value is -1.27. The van der Waals surface area contributed by atoms with Crippen molar-refractivity contribution in [3.05, 3.63) is 22.2 Å². The fourth-order valence-electron chi connectivity index (χ4n) is 2.39. The lowest BCUT2D eigenvalue weighted by Crippen LogP contribution is -2.51. The fraction of sp³-hybridized carbons (Fsp3) is 0.462. The Bertz CT molecular complexity index is 521. The van der Waals surface area contributed by atoms with Gasteiger partial charge in [0.05, 0.1) is 4.47 Å². The molecule has 1 amide bonds. The van der Waals surface area contributed by atoms with E-state index >= 15 is 0 Å². The van der Waals surface area contributed by atoms with E-state index < -0.39 is 0 Å². The molecule has 2 aliphatic heterocycles. The minimum atomic E-state index is 0.0346. The summed E-state index contributed by atoms with van der Waals surface area (Å²) < 4.78 is 11.4. The maximum Gasteiger partial charge on any atom is 0.254 e. The van der Waals surface area contributed by atoms with Crippen molar-refractivity contribution in [1.29, 1.82) is 0 Å². The first-order valence-electron chi connectivity index (χ1n) is 6.27. The maximum absolute atomic E-state index is 12.5. The van der Waals surface area contributed by atoms with Crippen LogP contribution in [-0.2, 0) is 0 Å². The van der Waals surface area contributed by atoms with Crippen LogP contribution < -0.4 is 14.8 Å². The van der Waals surface area contributed by atoms with Crippen LogP contribution in [-0.4, -0.2) is 43.3 Å². The van der Waals surface area contributed by atoms with E-state index in [1.165, 1.54) is 0 Å². The Morgan fingerprint density at radius 1 is 1.47 bits per heavy atom. The molecule has 0 aromatic heterocycles. The van der Waals surface area contributed by atoms with Gasteiger partial charge >= 0.3 is 0 Å². The van der Waals surface area contributed by atoms with Crippen LogP contribution in [0.2, 0.25) is 0 Å². The average Bonchev–Trinajstić information content (AvgIpc) is 2.86. The molecule has 0 spiro atoms. The summed E-state index contributed by atoms with van der Waals surface area (Å²) in [4.78, 5) is 14.3. The smallest absolute Gasteiger partial charge is 0.254 e. The molecule has 19 heavy (non-hydrogen) atoms. The number of halogens is 1. The number of piperazine rings is 1. The second-order valence-electron chi connectivity index (χ2n) is 4.80. The third-order valence-corrected chi connectivity index (χ3v) is 3.92. The normalized spacial score (nSPS) is 21.6.